The second-order valence-corrected chi connectivity index (χ2v) is 9.65. The van der Waals surface area contributed by atoms with Gasteiger partial charge in [0.25, 0.3) is 0 Å². The van der Waals surface area contributed by atoms with Crippen molar-refractivity contribution in [3.63, 3.8) is 0 Å². The normalized spacial score (nSPS) is 11.9. The minimum atomic E-state index is -2.56. The summed E-state index contributed by atoms with van der Waals surface area (Å²) in [6, 6.07) is 2.87. The molecule has 0 saturated carbocycles. The zero-order valence-electron chi connectivity index (χ0n) is 13.1. The molecule has 0 amide bonds. The van der Waals surface area contributed by atoms with Gasteiger partial charge in [-0.3, -0.25) is 4.98 Å². The molecule has 0 N–H and O–H groups in total. The molecule has 24 heavy (non-hydrogen) atoms. The highest BCUT2D eigenvalue weighted by atomic mass is 35.5. The van der Waals surface area contributed by atoms with Crippen LogP contribution in [0.15, 0.2) is 24.5 Å². The quantitative estimate of drug-likeness (QED) is 0.602. The second-order valence-electron chi connectivity index (χ2n) is 5.80. The number of hydrogen-bond acceptors (Lipinski definition) is 4. The van der Waals surface area contributed by atoms with Gasteiger partial charge in [-0.2, -0.15) is 0 Å². The van der Waals surface area contributed by atoms with Gasteiger partial charge in [0, 0.05) is 35.0 Å². The van der Waals surface area contributed by atoms with Crippen LogP contribution in [0.5, 0.6) is 0 Å². The van der Waals surface area contributed by atoms with Crippen molar-refractivity contribution in [1.29, 1.82) is 0 Å². The first kappa shape index (κ1) is 17.3. The van der Waals surface area contributed by atoms with Crippen LogP contribution < -0.4 is 5.57 Å². The Bertz CT molecular complexity index is 1000. The van der Waals surface area contributed by atoms with E-state index in [0.29, 0.717) is 32.2 Å². The van der Waals surface area contributed by atoms with Crippen molar-refractivity contribution in [2.75, 3.05) is 13.3 Å². The fourth-order valence-electron chi connectivity index (χ4n) is 2.30. The van der Waals surface area contributed by atoms with Gasteiger partial charge in [0.1, 0.15) is 13.0 Å². The van der Waals surface area contributed by atoms with Crippen LogP contribution in [0.1, 0.15) is 5.69 Å². The highest BCUT2D eigenvalue weighted by Crippen LogP contribution is 2.36. The molecular formula is C16H13Cl2FN3OP. The lowest BCUT2D eigenvalue weighted by atomic mass is 10.0. The maximum absolute atomic E-state index is 14.5. The zero-order chi connectivity index (χ0) is 17.6. The average Bonchev–Trinajstić information content (AvgIpc) is 2.52. The lowest BCUT2D eigenvalue weighted by Gasteiger charge is -2.10. The molecule has 124 valence electrons. The third kappa shape index (κ3) is 3.04. The summed E-state index contributed by atoms with van der Waals surface area (Å²) in [5.41, 5.74) is 1.95. The van der Waals surface area contributed by atoms with Crippen LogP contribution in [0.2, 0.25) is 10.0 Å². The number of aromatic nitrogens is 3. The second kappa shape index (κ2) is 6.07. The summed E-state index contributed by atoms with van der Waals surface area (Å²) in [7, 11) is -2.56. The van der Waals surface area contributed by atoms with E-state index < -0.39 is 13.0 Å². The molecule has 0 aliphatic rings. The number of halogens is 3. The maximum atomic E-state index is 14.5. The van der Waals surface area contributed by atoms with E-state index in [1.54, 1.807) is 26.3 Å². The topological polar surface area (TPSA) is 55.7 Å². The Hall–Kier alpha value is -1.55. The van der Waals surface area contributed by atoms with Crippen LogP contribution in [0.4, 0.5) is 4.39 Å². The van der Waals surface area contributed by atoms with Gasteiger partial charge in [-0.15, -0.1) is 0 Å². The molecule has 0 spiro atoms. The lowest BCUT2D eigenvalue weighted by Crippen LogP contribution is -2.12. The molecule has 0 bridgehead atoms. The Morgan fingerprint density at radius 2 is 1.71 bits per heavy atom. The van der Waals surface area contributed by atoms with E-state index in [1.165, 1.54) is 18.5 Å². The van der Waals surface area contributed by atoms with Crippen LogP contribution in [-0.4, -0.2) is 28.3 Å². The average molecular weight is 384 g/mol. The molecule has 1 aromatic carbocycles. The predicted octanol–water partition coefficient (Wildman–Crippen LogP) is 4.69. The molecule has 0 atom stereocenters. The number of pyridine rings is 1. The number of benzene rings is 1. The van der Waals surface area contributed by atoms with Gasteiger partial charge >= 0.3 is 0 Å². The molecule has 8 heteroatoms. The molecule has 0 fully saturated rings. The maximum Gasteiger partial charge on any atom is 0.188 e. The summed E-state index contributed by atoms with van der Waals surface area (Å²) in [6.07, 6.45) is 2.90. The number of aryl methyl sites for hydroxylation is 1. The van der Waals surface area contributed by atoms with E-state index in [-0.39, 0.29) is 11.1 Å². The fraction of sp³-hybridized carbons (Fsp3) is 0.188. The van der Waals surface area contributed by atoms with Crippen molar-refractivity contribution in [2.45, 2.75) is 6.92 Å². The number of fused-ring (bicyclic) bond motifs is 1. The van der Waals surface area contributed by atoms with Crippen LogP contribution in [0, 0.1) is 12.7 Å². The summed E-state index contributed by atoms with van der Waals surface area (Å²) < 4.78 is 26.5. The van der Waals surface area contributed by atoms with Gasteiger partial charge in [-0.05, 0) is 26.3 Å². The van der Waals surface area contributed by atoms with E-state index >= 15 is 0 Å². The minimum Gasteiger partial charge on any atom is -0.316 e. The Morgan fingerprint density at radius 3 is 2.29 bits per heavy atom. The third-order valence-electron chi connectivity index (χ3n) is 3.55. The number of nitrogens with zero attached hydrogens (tertiary/aromatic N) is 3. The van der Waals surface area contributed by atoms with Crippen LogP contribution in [0.3, 0.4) is 0 Å². The van der Waals surface area contributed by atoms with E-state index in [9.17, 15) is 8.96 Å². The zero-order valence-corrected chi connectivity index (χ0v) is 15.5. The van der Waals surface area contributed by atoms with E-state index in [0.717, 1.165) is 0 Å². The molecule has 0 unspecified atom stereocenters. The molecule has 3 aromatic rings. The molecule has 0 saturated heterocycles. The van der Waals surface area contributed by atoms with E-state index in [2.05, 4.69) is 15.0 Å². The highest BCUT2D eigenvalue weighted by molar-refractivity contribution is 7.69. The van der Waals surface area contributed by atoms with Gasteiger partial charge in [-0.1, -0.05) is 23.2 Å². The molecular weight excluding hydrogens is 371 g/mol. The summed E-state index contributed by atoms with van der Waals surface area (Å²) in [5, 5.41) is 1.21. The van der Waals surface area contributed by atoms with Gasteiger partial charge in [0.05, 0.1) is 21.3 Å². The standard InChI is InChI=1S/C16H13Cl2FN3OP/c1-8-14(17)15(18)11-4-10(12(19)5-13(11)22-8)9-6-20-16(21-7-9)24(2,3)23/h4-7H,1-3H3. The van der Waals surface area contributed by atoms with Crippen molar-refractivity contribution >= 4 is 46.8 Å². The van der Waals surface area contributed by atoms with Crippen LogP contribution in [-0.2, 0) is 4.57 Å². The highest BCUT2D eigenvalue weighted by Gasteiger charge is 2.17. The van der Waals surface area contributed by atoms with Gasteiger partial charge in [-0.25, -0.2) is 14.4 Å². The Morgan fingerprint density at radius 1 is 1.08 bits per heavy atom. The van der Waals surface area contributed by atoms with Crippen molar-refractivity contribution in [1.82, 2.24) is 15.0 Å². The summed E-state index contributed by atoms with van der Waals surface area (Å²) in [5.74, 6) is -0.472. The van der Waals surface area contributed by atoms with Crippen molar-refractivity contribution in [2.24, 2.45) is 0 Å². The first-order valence-electron chi connectivity index (χ1n) is 7.01. The monoisotopic (exact) mass is 383 g/mol. The van der Waals surface area contributed by atoms with Crippen LogP contribution in [0.25, 0.3) is 22.0 Å². The first-order chi connectivity index (χ1) is 11.2. The lowest BCUT2D eigenvalue weighted by molar-refractivity contribution is 0.587. The van der Waals surface area contributed by atoms with Crippen molar-refractivity contribution in [3.8, 4) is 11.1 Å². The molecule has 2 heterocycles. The third-order valence-corrected chi connectivity index (χ3v) is 5.70. The number of rotatable bonds is 2. The summed E-state index contributed by atoms with van der Waals surface area (Å²) >= 11 is 12.4. The molecule has 0 radical (unpaired) electrons. The smallest absolute Gasteiger partial charge is 0.188 e. The Balaban J connectivity index is 2.19. The Kier molecular flexibility index (Phi) is 4.37. The van der Waals surface area contributed by atoms with E-state index in [4.69, 9.17) is 23.2 Å². The van der Waals surface area contributed by atoms with Crippen LogP contribution >= 0.6 is 30.3 Å². The summed E-state index contributed by atoms with van der Waals surface area (Å²) in [4.78, 5) is 12.4. The minimum absolute atomic E-state index is 0.255. The van der Waals surface area contributed by atoms with E-state index in [1.807, 2.05) is 0 Å². The first-order valence-corrected chi connectivity index (χ1v) is 10.4. The molecule has 0 aliphatic carbocycles. The molecule has 3 rings (SSSR count). The SMILES string of the molecule is Cc1nc2cc(F)c(-c3cnc(P(C)(C)=O)nc3)cc2c(Cl)c1Cl. The number of hydrogen-bond donors (Lipinski definition) is 0. The van der Waals surface area contributed by atoms with Crippen molar-refractivity contribution < 1.29 is 8.96 Å². The van der Waals surface area contributed by atoms with Gasteiger partial charge in [0.15, 0.2) is 5.57 Å². The predicted molar refractivity (Wildman–Crippen MR) is 96.6 cm³/mol. The molecule has 4 nitrogen and oxygen atoms in total. The molecule has 2 aromatic heterocycles. The van der Waals surface area contributed by atoms with Crippen molar-refractivity contribution in [3.05, 3.63) is 46.1 Å². The Labute approximate surface area is 148 Å². The fourth-order valence-corrected chi connectivity index (χ4v) is 3.40. The molecule has 0 aliphatic heterocycles. The largest absolute Gasteiger partial charge is 0.316 e. The van der Waals surface area contributed by atoms with Gasteiger partial charge in [0.2, 0.25) is 0 Å². The van der Waals surface area contributed by atoms with Gasteiger partial charge < -0.3 is 4.57 Å². The summed E-state index contributed by atoms with van der Waals surface area (Å²) in [6.45, 7) is 4.86.